The first-order valence-electron chi connectivity index (χ1n) is 9.03. The zero-order chi connectivity index (χ0) is 22.7. The van der Waals surface area contributed by atoms with Crippen LogP contribution in [0.4, 0.5) is 0 Å². The monoisotopic (exact) mass is 426 g/mol. The number of carbonyl (C=O) groups excluding carboxylic acids is 3. The Morgan fingerprint density at radius 3 is 2.03 bits per heavy atom. The zero-order valence-electron chi connectivity index (χ0n) is 17.1. The summed E-state index contributed by atoms with van der Waals surface area (Å²) in [4.78, 5) is 46.8. The molecule has 2 aromatic carbocycles. The van der Waals surface area contributed by atoms with Crippen molar-refractivity contribution in [2.75, 3.05) is 7.11 Å². The Morgan fingerprint density at radius 2 is 1.42 bits per heavy atom. The van der Waals surface area contributed by atoms with Gasteiger partial charge in [0, 0.05) is 44.5 Å². The first kappa shape index (κ1) is 21.6. The van der Waals surface area contributed by atoms with E-state index >= 15 is 0 Å². The lowest BCUT2D eigenvalue weighted by molar-refractivity contribution is -0.134. The molecule has 31 heavy (non-hydrogen) atoms. The Balaban J connectivity index is 2.18. The highest BCUT2D eigenvalue weighted by Crippen LogP contribution is 2.35. The molecule has 0 saturated carbocycles. The number of ether oxygens (including phenoxy) is 4. The van der Waals surface area contributed by atoms with E-state index in [2.05, 4.69) is 0 Å². The molecule has 0 atom stereocenters. The van der Waals surface area contributed by atoms with Gasteiger partial charge in [-0.05, 0) is 18.2 Å². The molecule has 0 aliphatic heterocycles. The van der Waals surface area contributed by atoms with Crippen LogP contribution < -0.4 is 24.4 Å². The molecule has 0 radical (unpaired) electrons. The normalized spacial score (nSPS) is 10.5. The summed E-state index contributed by atoms with van der Waals surface area (Å²) in [6.45, 7) is 3.65. The van der Waals surface area contributed by atoms with Crippen molar-refractivity contribution in [1.82, 2.24) is 0 Å². The zero-order valence-corrected chi connectivity index (χ0v) is 17.1. The Hall–Kier alpha value is -4.14. The van der Waals surface area contributed by atoms with Crippen LogP contribution in [0.25, 0.3) is 22.3 Å². The van der Waals surface area contributed by atoms with Gasteiger partial charge in [-0.2, -0.15) is 0 Å². The summed E-state index contributed by atoms with van der Waals surface area (Å²) in [6, 6.07) is 8.39. The molecule has 0 spiro atoms. The average molecular weight is 426 g/mol. The Bertz CT molecular complexity index is 1250. The number of methoxy groups -OCH3 is 1. The van der Waals surface area contributed by atoms with Gasteiger partial charge in [0.25, 0.3) is 0 Å². The summed E-state index contributed by atoms with van der Waals surface area (Å²) in [5, 5.41) is 0.166. The quantitative estimate of drug-likeness (QED) is 0.447. The van der Waals surface area contributed by atoms with Crippen LogP contribution in [-0.4, -0.2) is 25.0 Å². The van der Waals surface area contributed by atoms with Crippen LogP contribution in [-0.2, 0) is 14.4 Å². The molecule has 3 aromatic rings. The fourth-order valence-corrected chi connectivity index (χ4v) is 2.89. The summed E-state index contributed by atoms with van der Waals surface area (Å²) in [5.41, 5.74) is 0.0970. The molecule has 160 valence electrons. The molecule has 0 amide bonds. The van der Waals surface area contributed by atoms with Gasteiger partial charge in [0.15, 0.2) is 16.9 Å². The van der Waals surface area contributed by atoms with Crippen molar-refractivity contribution in [3.8, 4) is 34.3 Å². The maximum Gasteiger partial charge on any atom is 0.308 e. The Labute approximate surface area is 176 Å². The van der Waals surface area contributed by atoms with E-state index in [-0.39, 0.29) is 39.7 Å². The Morgan fingerprint density at radius 1 is 0.774 bits per heavy atom. The van der Waals surface area contributed by atoms with Crippen molar-refractivity contribution in [3.63, 3.8) is 0 Å². The van der Waals surface area contributed by atoms with Gasteiger partial charge >= 0.3 is 17.9 Å². The number of carbonyl (C=O) groups is 3. The van der Waals surface area contributed by atoms with Crippen LogP contribution in [0, 0.1) is 0 Å². The molecular weight excluding hydrogens is 408 g/mol. The topological polar surface area (TPSA) is 118 Å². The summed E-state index contributed by atoms with van der Waals surface area (Å²) >= 11 is 0. The molecule has 0 saturated heterocycles. The average Bonchev–Trinajstić information content (AvgIpc) is 2.67. The van der Waals surface area contributed by atoms with E-state index in [1.54, 1.807) is 0 Å². The fourth-order valence-electron chi connectivity index (χ4n) is 2.89. The lowest BCUT2D eigenvalue weighted by Crippen LogP contribution is -2.07. The van der Waals surface area contributed by atoms with E-state index in [1.807, 2.05) is 0 Å². The van der Waals surface area contributed by atoms with Gasteiger partial charge < -0.3 is 23.4 Å². The molecule has 0 aliphatic rings. The first-order chi connectivity index (χ1) is 14.7. The SMILES string of the molecule is COc1cc(OC(C)=O)cc2oc(-c3ccc(OC(C)=O)c(OC(C)=O)c3)cc(=O)c12. The van der Waals surface area contributed by atoms with E-state index in [4.69, 9.17) is 23.4 Å². The lowest BCUT2D eigenvalue weighted by Gasteiger charge is -2.12. The van der Waals surface area contributed by atoms with Crippen molar-refractivity contribution in [2.24, 2.45) is 0 Å². The third-order valence-electron chi connectivity index (χ3n) is 3.99. The summed E-state index contributed by atoms with van der Waals surface area (Å²) in [5.74, 6) is -1.29. The predicted molar refractivity (Wildman–Crippen MR) is 108 cm³/mol. The molecule has 0 fully saturated rings. The third-order valence-corrected chi connectivity index (χ3v) is 3.99. The van der Waals surface area contributed by atoms with E-state index < -0.39 is 23.3 Å². The van der Waals surface area contributed by atoms with E-state index in [1.165, 1.54) is 64.3 Å². The second kappa shape index (κ2) is 8.70. The number of hydrogen-bond acceptors (Lipinski definition) is 9. The third kappa shape index (κ3) is 4.89. The largest absolute Gasteiger partial charge is 0.496 e. The lowest BCUT2D eigenvalue weighted by atomic mass is 10.1. The van der Waals surface area contributed by atoms with Crippen molar-refractivity contribution < 1.29 is 37.7 Å². The van der Waals surface area contributed by atoms with Crippen molar-refractivity contribution in [3.05, 3.63) is 46.6 Å². The minimum atomic E-state index is -0.624. The smallest absolute Gasteiger partial charge is 0.308 e. The molecule has 0 unspecified atom stereocenters. The van der Waals surface area contributed by atoms with Gasteiger partial charge in [-0.15, -0.1) is 0 Å². The van der Waals surface area contributed by atoms with Crippen LogP contribution >= 0.6 is 0 Å². The van der Waals surface area contributed by atoms with Crippen LogP contribution in [0.5, 0.6) is 23.0 Å². The maximum absolute atomic E-state index is 12.8. The van der Waals surface area contributed by atoms with Gasteiger partial charge in [0.05, 0.1) is 7.11 Å². The highest BCUT2D eigenvalue weighted by atomic mass is 16.6. The number of benzene rings is 2. The van der Waals surface area contributed by atoms with Gasteiger partial charge in [-0.3, -0.25) is 19.2 Å². The molecule has 3 rings (SSSR count). The van der Waals surface area contributed by atoms with Gasteiger partial charge in [0.2, 0.25) is 0 Å². The molecule has 9 nitrogen and oxygen atoms in total. The van der Waals surface area contributed by atoms with E-state index in [0.717, 1.165) is 0 Å². The number of rotatable bonds is 5. The van der Waals surface area contributed by atoms with Crippen LogP contribution in [0.1, 0.15) is 20.8 Å². The molecule has 0 N–H and O–H groups in total. The second-order valence-corrected chi connectivity index (χ2v) is 6.42. The highest BCUT2D eigenvalue weighted by Gasteiger charge is 2.17. The number of hydrogen-bond donors (Lipinski definition) is 0. The number of esters is 3. The first-order valence-corrected chi connectivity index (χ1v) is 9.03. The summed E-state index contributed by atoms with van der Waals surface area (Å²) < 4.78 is 26.3. The Kier molecular flexibility index (Phi) is 6.05. The maximum atomic E-state index is 12.8. The molecule has 0 bridgehead atoms. The standard InChI is InChI=1S/C22H18O9/c1-11(23)28-15-8-20(27-4)22-16(26)10-18(31-21(22)9-15)14-5-6-17(29-12(2)24)19(7-14)30-13(3)25/h5-10H,1-4H3. The fraction of sp³-hybridized carbons (Fsp3) is 0.182. The van der Waals surface area contributed by atoms with Crippen molar-refractivity contribution in [1.29, 1.82) is 0 Å². The molecular formula is C22H18O9. The van der Waals surface area contributed by atoms with E-state index in [0.29, 0.717) is 5.56 Å². The van der Waals surface area contributed by atoms with E-state index in [9.17, 15) is 19.2 Å². The van der Waals surface area contributed by atoms with Gasteiger partial charge in [-0.1, -0.05) is 0 Å². The van der Waals surface area contributed by atoms with Crippen LogP contribution in [0.2, 0.25) is 0 Å². The van der Waals surface area contributed by atoms with Crippen LogP contribution in [0.15, 0.2) is 45.6 Å². The molecule has 9 heteroatoms. The van der Waals surface area contributed by atoms with Crippen molar-refractivity contribution >= 4 is 28.9 Å². The minimum Gasteiger partial charge on any atom is -0.496 e. The van der Waals surface area contributed by atoms with Gasteiger partial charge in [-0.25, -0.2) is 0 Å². The second-order valence-electron chi connectivity index (χ2n) is 6.42. The summed E-state index contributed by atoms with van der Waals surface area (Å²) in [7, 11) is 1.37. The predicted octanol–water partition coefficient (Wildman–Crippen LogP) is 3.24. The minimum absolute atomic E-state index is 0.0193. The van der Waals surface area contributed by atoms with Gasteiger partial charge in [0.1, 0.15) is 28.2 Å². The highest BCUT2D eigenvalue weighted by molar-refractivity contribution is 5.87. The van der Waals surface area contributed by atoms with Crippen molar-refractivity contribution in [2.45, 2.75) is 20.8 Å². The molecule has 1 heterocycles. The summed E-state index contributed by atoms with van der Waals surface area (Å²) in [6.07, 6.45) is 0. The number of fused-ring (bicyclic) bond motifs is 1. The van der Waals surface area contributed by atoms with Crippen LogP contribution in [0.3, 0.4) is 0 Å². The molecule has 0 aliphatic carbocycles. The molecule has 1 aromatic heterocycles.